The predicted molar refractivity (Wildman–Crippen MR) is 104 cm³/mol. The maximum Gasteiger partial charge on any atom is 0.138 e. The summed E-state index contributed by atoms with van der Waals surface area (Å²) in [6.45, 7) is 4.25. The Kier molecular flexibility index (Phi) is 3.57. The number of aromatic amines is 1. The quantitative estimate of drug-likeness (QED) is 0.606. The molecule has 0 saturated carbocycles. The van der Waals surface area contributed by atoms with Gasteiger partial charge in [-0.1, -0.05) is 6.07 Å². The van der Waals surface area contributed by atoms with Gasteiger partial charge < -0.3 is 14.8 Å². The minimum absolute atomic E-state index is 0.919. The first-order valence-electron chi connectivity index (χ1n) is 8.89. The first kappa shape index (κ1) is 15.3. The van der Waals surface area contributed by atoms with Crippen molar-refractivity contribution >= 4 is 27.6 Å². The minimum atomic E-state index is 0.919. The van der Waals surface area contributed by atoms with Gasteiger partial charge in [-0.25, -0.2) is 15.0 Å². The zero-order chi connectivity index (χ0) is 17.5. The Hall–Kier alpha value is -2.99. The van der Waals surface area contributed by atoms with Crippen LogP contribution in [0.25, 0.3) is 33.1 Å². The number of hydrogen-bond acceptors (Lipinski definition) is 5. The number of nitrogens with one attached hydrogen (secondary N) is 1. The second-order valence-electron chi connectivity index (χ2n) is 6.88. The van der Waals surface area contributed by atoms with Gasteiger partial charge >= 0.3 is 0 Å². The molecular formula is C20H20N6. The second kappa shape index (κ2) is 6.07. The molecule has 0 aliphatic carbocycles. The molecule has 1 fully saturated rings. The minimum Gasteiger partial charge on any atom is -0.368 e. The van der Waals surface area contributed by atoms with Crippen LogP contribution in [0.15, 0.2) is 49.2 Å². The summed E-state index contributed by atoms with van der Waals surface area (Å²) < 4.78 is 0. The van der Waals surface area contributed by atoms with E-state index >= 15 is 0 Å². The first-order valence-corrected chi connectivity index (χ1v) is 8.89. The number of benzene rings is 1. The van der Waals surface area contributed by atoms with E-state index in [0.29, 0.717) is 0 Å². The van der Waals surface area contributed by atoms with Crippen LogP contribution in [0.5, 0.6) is 0 Å². The third-order valence-corrected chi connectivity index (χ3v) is 5.20. The molecule has 1 N–H and O–H groups in total. The van der Waals surface area contributed by atoms with Crippen LogP contribution in [0, 0.1) is 0 Å². The van der Waals surface area contributed by atoms with E-state index in [1.54, 1.807) is 6.33 Å². The van der Waals surface area contributed by atoms with Crippen molar-refractivity contribution < 1.29 is 0 Å². The molecular weight excluding hydrogens is 324 g/mol. The summed E-state index contributed by atoms with van der Waals surface area (Å²) >= 11 is 0. The number of pyridine rings is 1. The summed E-state index contributed by atoms with van der Waals surface area (Å²) in [4.78, 5) is 21.2. The molecule has 130 valence electrons. The molecule has 6 nitrogen and oxygen atoms in total. The number of H-pyrrole nitrogens is 1. The molecule has 0 atom stereocenters. The van der Waals surface area contributed by atoms with Gasteiger partial charge in [0, 0.05) is 54.9 Å². The Balaban J connectivity index is 1.58. The van der Waals surface area contributed by atoms with Gasteiger partial charge in [-0.05, 0) is 30.8 Å². The lowest BCUT2D eigenvalue weighted by molar-refractivity contribution is 0.313. The topological polar surface area (TPSA) is 60.9 Å². The van der Waals surface area contributed by atoms with Crippen LogP contribution in [-0.4, -0.2) is 58.1 Å². The van der Waals surface area contributed by atoms with E-state index < -0.39 is 0 Å². The van der Waals surface area contributed by atoms with Crippen LogP contribution in [0.2, 0.25) is 0 Å². The Morgan fingerprint density at radius 2 is 1.88 bits per heavy atom. The van der Waals surface area contributed by atoms with E-state index in [1.807, 2.05) is 24.7 Å². The zero-order valence-electron chi connectivity index (χ0n) is 14.7. The van der Waals surface area contributed by atoms with Gasteiger partial charge in [0.25, 0.3) is 0 Å². The number of hydrogen-bond donors (Lipinski definition) is 1. The van der Waals surface area contributed by atoms with Crippen LogP contribution >= 0.6 is 0 Å². The lowest BCUT2D eigenvalue weighted by Crippen LogP contribution is -2.44. The van der Waals surface area contributed by atoms with E-state index in [-0.39, 0.29) is 0 Å². The number of anilines is 1. The molecule has 1 aliphatic rings. The lowest BCUT2D eigenvalue weighted by atomic mass is 10.0. The summed E-state index contributed by atoms with van der Waals surface area (Å²) in [6.07, 6.45) is 7.45. The van der Waals surface area contributed by atoms with Gasteiger partial charge in [0.2, 0.25) is 0 Å². The summed E-state index contributed by atoms with van der Waals surface area (Å²) in [5, 5.41) is 2.19. The van der Waals surface area contributed by atoms with E-state index in [4.69, 9.17) is 0 Å². The van der Waals surface area contributed by atoms with Crippen molar-refractivity contribution in [3.63, 3.8) is 0 Å². The summed E-state index contributed by atoms with van der Waals surface area (Å²) in [5.41, 5.74) is 5.38. The Labute approximate surface area is 151 Å². The SMILES string of the molecule is CN1CCN(c2cnc3[nH]cc(-c4ccc5ncncc5c4)c3c2)CC1. The number of nitrogens with zero attached hydrogens (tertiary/aromatic N) is 5. The summed E-state index contributed by atoms with van der Waals surface area (Å²) in [5.74, 6) is 0. The molecule has 0 amide bonds. The fourth-order valence-corrected chi connectivity index (χ4v) is 3.62. The highest BCUT2D eigenvalue weighted by molar-refractivity contribution is 5.97. The maximum absolute atomic E-state index is 4.65. The van der Waals surface area contributed by atoms with E-state index in [9.17, 15) is 0 Å². The predicted octanol–water partition coefficient (Wildman–Crippen LogP) is 2.92. The average molecular weight is 344 g/mol. The van der Waals surface area contributed by atoms with Crippen LogP contribution in [0.4, 0.5) is 5.69 Å². The van der Waals surface area contributed by atoms with Gasteiger partial charge in [-0.3, -0.25) is 0 Å². The van der Waals surface area contributed by atoms with Crippen molar-refractivity contribution in [1.29, 1.82) is 0 Å². The molecule has 1 saturated heterocycles. The molecule has 0 radical (unpaired) electrons. The summed E-state index contributed by atoms with van der Waals surface area (Å²) in [6, 6.07) is 8.55. The number of likely N-dealkylation sites (N-methyl/N-ethyl adjacent to an activating group) is 1. The highest BCUT2D eigenvalue weighted by Crippen LogP contribution is 2.32. The molecule has 6 heteroatoms. The van der Waals surface area contributed by atoms with Crippen molar-refractivity contribution in [2.24, 2.45) is 0 Å². The van der Waals surface area contributed by atoms with Gasteiger partial charge in [0.15, 0.2) is 0 Å². The molecule has 3 aromatic heterocycles. The van der Waals surface area contributed by atoms with Crippen molar-refractivity contribution in [3.05, 3.63) is 49.2 Å². The van der Waals surface area contributed by atoms with Gasteiger partial charge in [0.1, 0.15) is 12.0 Å². The fourth-order valence-electron chi connectivity index (χ4n) is 3.62. The highest BCUT2D eigenvalue weighted by Gasteiger charge is 2.16. The normalized spacial score (nSPS) is 15.8. The van der Waals surface area contributed by atoms with Crippen LogP contribution < -0.4 is 4.90 Å². The monoisotopic (exact) mass is 344 g/mol. The Morgan fingerprint density at radius 3 is 2.77 bits per heavy atom. The maximum atomic E-state index is 4.65. The third kappa shape index (κ3) is 2.59. The van der Waals surface area contributed by atoms with Gasteiger partial charge in [-0.2, -0.15) is 0 Å². The van der Waals surface area contributed by atoms with Crippen molar-refractivity contribution in [2.45, 2.75) is 0 Å². The molecule has 0 bridgehead atoms. The molecule has 5 rings (SSSR count). The highest BCUT2D eigenvalue weighted by atomic mass is 15.2. The zero-order valence-corrected chi connectivity index (χ0v) is 14.7. The second-order valence-corrected chi connectivity index (χ2v) is 6.88. The van der Waals surface area contributed by atoms with Crippen molar-refractivity contribution in [3.8, 4) is 11.1 Å². The molecule has 1 aliphatic heterocycles. The van der Waals surface area contributed by atoms with Gasteiger partial charge in [-0.15, -0.1) is 0 Å². The third-order valence-electron chi connectivity index (χ3n) is 5.20. The smallest absolute Gasteiger partial charge is 0.138 e. The van der Waals surface area contributed by atoms with Crippen LogP contribution in [-0.2, 0) is 0 Å². The first-order chi connectivity index (χ1) is 12.8. The standard InChI is InChI=1S/C20H20N6/c1-25-4-6-26(7-5-25)16-9-17-18(12-23-20(17)22-11-16)14-2-3-19-15(8-14)10-21-13-24-19/h2-3,8-13H,4-7H2,1H3,(H,22,23). The number of rotatable bonds is 2. The molecule has 4 heterocycles. The molecule has 0 unspecified atom stereocenters. The largest absolute Gasteiger partial charge is 0.368 e. The summed E-state index contributed by atoms with van der Waals surface area (Å²) in [7, 11) is 2.17. The lowest BCUT2D eigenvalue weighted by Gasteiger charge is -2.33. The van der Waals surface area contributed by atoms with Crippen molar-refractivity contribution in [2.75, 3.05) is 38.1 Å². The fraction of sp³-hybridized carbons (Fsp3) is 0.250. The number of piperazine rings is 1. The molecule has 0 spiro atoms. The number of fused-ring (bicyclic) bond motifs is 2. The van der Waals surface area contributed by atoms with Gasteiger partial charge in [0.05, 0.1) is 17.4 Å². The average Bonchev–Trinajstić information content (AvgIpc) is 3.11. The van der Waals surface area contributed by atoms with E-state index in [1.165, 1.54) is 5.69 Å². The Morgan fingerprint density at radius 1 is 1.00 bits per heavy atom. The molecule has 26 heavy (non-hydrogen) atoms. The van der Waals surface area contributed by atoms with Crippen LogP contribution in [0.1, 0.15) is 0 Å². The van der Waals surface area contributed by atoms with E-state index in [0.717, 1.165) is 59.2 Å². The Bertz CT molecular complexity index is 1080. The van der Waals surface area contributed by atoms with Crippen LogP contribution in [0.3, 0.4) is 0 Å². The molecule has 4 aromatic rings. The van der Waals surface area contributed by atoms with Crippen molar-refractivity contribution in [1.82, 2.24) is 24.8 Å². The molecule has 1 aromatic carbocycles. The number of aromatic nitrogens is 4. The van der Waals surface area contributed by atoms with E-state index in [2.05, 4.69) is 55.0 Å².